The van der Waals surface area contributed by atoms with Crippen LogP contribution in [-0.2, 0) is 17.6 Å². The number of H-pyrrole nitrogens is 1. The summed E-state index contributed by atoms with van der Waals surface area (Å²) in [4.78, 5) is 19.2. The highest BCUT2D eigenvalue weighted by Gasteiger charge is 2.35. The predicted molar refractivity (Wildman–Crippen MR) is 128 cm³/mol. The van der Waals surface area contributed by atoms with Crippen LogP contribution in [0.4, 0.5) is 8.78 Å². The molecular formula is C27H27F2N3O3. The summed E-state index contributed by atoms with van der Waals surface area (Å²) in [6.45, 7) is 3.75. The maximum Gasteiger partial charge on any atom is 0.307 e. The van der Waals surface area contributed by atoms with Crippen LogP contribution in [0.5, 0.6) is 0 Å². The topological polar surface area (TPSA) is 92.0 Å². The first-order chi connectivity index (χ1) is 16.7. The molecule has 1 aromatic carbocycles. The van der Waals surface area contributed by atoms with Crippen molar-refractivity contribution in [2.24, 2.45) is 5.92 Å². The smallest absolute Gasteiger partial charge is 0.307 e. The van der Waals surface area contributed by atoms with E-state index in [9.17, 15) is 13.6 Å². The molecule has 6 nitrogen and oxygen atoms in total. The third-order valence-corrected chi connectivity index (χ3v) is 7.05. The molecule has 0 bridgehead atoms. The van der Waals surface area contributed by atoms with Gasteiger partial charge in [-0.05, 0) is 55.7 Å². The van der Waals surface area contributed by atoms with Gasteiger partial charge in [-0.25, -0.2) is 8.78 Å². The second-order valence-electron chi connectivity index (χ2n) is 9.55. The zero-order valence-electron chi connectivity index (χ0n) is 19.7. The van der Waals surface area contributed by atoms with Crippen molar-refractivity contribution in [1.29, 1.82) is 0 Å². The highest BCUT2D eigenvalue weighted by Crippen LogP contribution is 2.41. The minimum absolute atomic E-state index is 0.0300. The van der Waals surface area contributed by atoms with E-state index in [0.717, 1.165) is 50.1 Å². The number of nitrogens with zero attached hydrogens (tertiary/aromatic N) is 2. The number of aryl methyl sites for hydroxylation is 2. The van der Waals surface area contributed by atoms with Crippen LogP contribution in [0.2, 0.25) is 0 Å². The van der Waals surface area contributed by atoms with Gasteiger partial charge in [0.15, 0.2) is 0 Å². The third-order valence-electron chi connectivity index (χ3n) is 7.05. The van der Waals surface area contributed by atoms with Crippen molar-refractivity contribution in [3.63, 3.8) is 0 Å². The molecule has 4 aromatic rings. The quantitative estimate of drug-likeness (QED) is 0.329. The van der Waals surface area contributed by atoms with Gasteiger partial charge in [0.1, 0.15) is 5.76 Å². The number of carboxylic acids is 1. The Morgan fingerprint density at radius 1 is 1.17 bits per heavy atom. The van der Waals surface area contributed by atoms with Gasteiger partial charge in [0.05, 0.1) is 23.1 Å². The maximum atomic E-state index is 13.8. The SMILES string of the molecule is Cc1noc(C)c1-c1cnc2c(-c3ccc(CC(=O)O)cc3)c[nH]c2c1CC1CCC(F)(F)CC1. The molecule has 1 fully saturated rings. The van der Waals surface area contributed by atoms with Gasteiger partial charge < -0.3 is 14.6 Å². The van der Waals surface area contributed by atoms with E-state index in [4.69, 9.17) is 14.6 Å². The molecule has 182 valence electrons. The Bertz CT molecular complexity index is 1360. The van der Waals surface area contributed by atoms with Gasteiger partial charge in [-0.1, -0.05) is 29.4 Å². The van der Waals surface area contributed by atoms with Crippen molar-refractivity contribution in [2.75, 3.05) is 0 Å². The van der Waals surface area contributed by atoms with E-state index in [1.165, 1.54) is 0 Å². The molecule has 0 radical (unpaired) electrons. The molecule has 0 spiro atoms. The van der Waals surface area contributed by atoms with E-state index < -0.39 is 11.9 Å². The molecule has 35 heavy (non-hydrogen) atoms. The molecule has 8 heteroatoms. The fourth-order valence-corrected chi connectivity index (χ4v) is 5.21. The van der Waals surface area contributed by atoms with Crippen LogP contribution in [0.25, 0.3) is 33.3 Å². The van der Waals surface area contributed by atoms with Crippen LogP contribution in [0, 0.1) is 19.8 Å². The lowest BCUT2D eigenvalue weighted by Gasteiger charge is -2.28. The normalized spacial score (nSPS) is 16.1. The summed E-state index contributed by atoms with van der Waals surface area (Å²) in [6.07, 6.45) is 5.17. The first-order valence-corrected chi connectivity index (χ1v) is 11.8. The van der Waals surface area contributed by atoms with Gasteiger partial charge in [-0.2, -0.15) is 0 Å². The minimum atomic E-state index is -2.57. The zero-order chi connectivity index (χ0) is 24.7. The number of rotatable bonds is 6. The Morgan fingerprint density at radius 2 is 1.89 bits per heavy atom. The monoisotopic (exact) mass is 479 g/mol. The van der Waals surface area contributed by atoms with Crippen LogP contribution < -0.4 is 0 Å². The van der Waals surface area contributed by atoms with Gasteiger partial charge in [-0.15, -0.1) is 0 Å². The molecule has 0 saturated heterocycles. The van der Waals surface area contributed by atoms with Crippen molar-refractivity contribution in [3.05, 3.63) is 59.2 Å². The van der Waals surface area contributed by atoms with Crippen LogP contribution in [0.1, 0.15) is 48.3 Å². The van der Waals surface area contributed by atoms with Crippen LogP contribution in [-0.4, -0.2) is 32.1 Å². The fraction of sp³-hybridized carbons (Fsp3) is 0.370. The highest BCUT2D eigenvalue weighted by molar-refractivity contribution is 5.97. The molecule has 3 heterocycles. The lowest BCUT2D eigenvalue weighted by atomic mass is 9.81. The fourth-order valence-electron chi connectivity index (χ4n) is 5.21. The molecular weight excluding hydrogens is 452 g/mol. The van der Waals surface area contributed by atoms with Crippen molar-refractivity contribution < 1.29 is 23.2 Å². The number of carbonyl (C=O) groups is 1. The number of hydrogen-bond donors (Lipinski definition) is 2. The number of hydrogen-bond acceptors (Lipinski definition) is 4. The summed E-state index contributed by atoms with van der Waals surface area (Å²) in [6, 6.07) is 7.41. The summed E-state index contributed by atoms with van der Waals surface area (Å²) < 4.78 is 33.0. The summed E-state index contributed by atoms with van der Waals surface area (Å²) in [5.74, 6) is -2.59. The van der Waals surface area contributed by atoms with Gasteiger partial charge >= 0.3 is 5.97 Å². The first kappa shape index (κ1) is 23.2. The number of carboxylic acid groups (broad SMARTS) is 1. The molecule has 1 aliphatic carbocycles. The van der Waals surface area contributed by atoms with Gasteiger partial charge in [0, 0.05) is 41.9 Å². The summed E-state index contributed by atoms with van der Waals surface area (Å²) in [7, 11) is 0. The first-order valence-electron chi connectivity index (χ1n) is 11.8. The van der Waals surface area contributed by atoms with Gasteiger partial charge in [0.25, 0.3) is 0 Å². The number of aromatic nitrogens is 3. The van der Waals surface area contributed by atoms with Crippen molar-refractivity contribution >= 4 is 17.0 Å². The van der Waals surface area contributed by atoms with Gasteiger partial charge in [-0.3, -0.25) is 9.78 Å². The predicted octanol–water partition coefficient (Wildman–Crippen LogP) is 6.50. The molecule has 2 N–H and O–H groups in total. The highest BCUT2D eigenvalue weighted by atomic mass is 19.3. The largest absolute Gasteiger partial charge is 0.481 e. The molecule has 3 aromatic heterocycles. The van der Waals surface area contributed by atoms with E-state index in [1.54, 1.807) is 0 Å². The Balaban J connectivity index is 1.58. The average Bonchev–Trinajstić information content (AvgIpc) is 3.39. The van der Waals surface area contributed by atoms with Crippen molar-refractivity contribution in [1.82, 2.24) is 15.1 Å². The Morgan fingerprint density at radius 3 is 2.51 bits per heavy atom. The number of aliphatic carboxylic acids is 1. The number of fused-ring (bicyclic) bond motifs is 1. The van der Waals surface area contributed by atoms with Crippen LogP contribution in [0.3, 0.4) is 0 Å². The number of nitrogens with one attached hydrogen (secondary N) is 1. The van der Waals surface area contributed by atoms with E-state index in [2.05, 4.69) is 10.1 Å². The molecule has 1 aliphatic rings. The Hall–Kier alpha value is -3.55. The standard InChI is InChI=1S/C27H27F2N3O3/c1-15-24(16(2)35-32-15)22-14-31-26-21(19-5-3-17(4-6-19)12-23(33)34)13-30-25(26)20(22)11-18-7-9-27(28,29)10-8-18/h3-6,13-14,18,30H,7-12H2,1-2H3,(H,33,34). The number of pyridine rings is 1. The number of aromatic amines is 1. The van der Waals surface area contributed by atoms with E-state index in [1.807, 2.05) is 50.5 Å². The summed E-state index contributed by atoms with van der Waals surface area (Å²) in [5, 5.41) is 13.1. The minimum Gasteiger partial charge on any atom is -0.481 e. The maximum absolute atomic E-state index is 13.8. The van der Waals surface area contributed by atoms with Crippen molar-refractivity contribution in [2.45, 2.75) is 58.3 Å². The summed E-state index contributed by atoms with van der Waals surface area (Å²) >= 11 is 0. The molecule has 0 aliphatic heterocycles. The van der Waals surface area contributed by atoms with Crippen LogP contribution >= 0.6 is 0 Å². The molecule has 1 saturated carbocycles. The second kappa shape index (κ2) is 8.91. The lowest BCUT2D eigenvalue weighted by molar-refractivity contribution is -0.136. The summed E-state index contributed by atoms with van der Waals surface area (Å²) in [5.41, 5.74) is 7.83. The van der Waals surface area contributed by atoms with Gasteiger partial charge in [0.2, 0.25) is 5.92 Å². The third kappa shape index (κ3) is 4.57. The number of alkyl halides is 2. The van der Waals surface area contributed by atoms with E-state index in [0.29, 0.717) is 25.0 Å². The second-order valence-corrected chi connectivity index (χ2v) is 9.55. The van der Waals surface area contributed by atoms with Crippen LogP contribution in [0.15, 0.2) is 41.2 Å². The Labute approximate surface area is 201 Å². The van der Waals surface area contributed by atoms with E-state index >= 15 is 0 Å². The number of benzene rings is 1. The Kier molecular flexibility index (Phi) is 5.91. The van der Waals surface area contributed by atoms with E-state index in [-0.39, 0.29) is 25.2 Å². The van der Waals surface area contributed by atoms with Crippen molar-refractivity contribution in [3.8, 4) is 22.3 Å². The average molecular weight is 480 g/mol. The molecule has 0 amide bonds. The number of halogens is 2. The molecule has 0 unspecified atom stereocenters. The lowest BCUT2D eigenvalue weighted by Crippen LogP contribution is -2.25. The molecule has 0 atom stereocenters. The zero-order valence-corrected chi connectivity index (χ0v) is 19.7. The molecule has 5 rings (SSSR count).